The van der Waals surface area contributed by atoms with Gasteiger partial charge in [0.25, 0.3) is 0 Å². The lowest BCUT2D eigenvalue weighted by Gasteiger charge is -2.01. The Hall–Kier alpha value is -1.90. The minimum Gasteiger partial charge on any atom is -0.218 e. The van der Waals surface area contributed by atoms with Gasteiger partial charge in [-0.25, -0.2) is 8.42 Å². The molecule has 0 amide bonds. The molecular weight excluding hydrogens is 266 g/mol. The van der Waals surface area contributed by atoms with Gasteiger partial charge in [0, 0.05) is 4.88 Å². The maximum absolute atomic E-state index is 12.2. The Morgan fingerprint density at radius 1 is 1.17 bits per heavy atom. The number of nitriles is 1. The molecule has 2 rings (SSSR count). The molecule has 1 aromatic carbocycles. The Morgan fingerprint density at radius 2 is 1.89 bits per heavy atom. The van der Waals surface area contributed by atoms with Crippen LogP contribution in [0.25, 0.3) is 6.08 Å². The van der Waals surface area contributed by atoms with E-state index in [9.17, 15) is 8.42 Å². The number of hydrogen-bond acceptors (Lipinski definition) is 4. The summed E-state index contributed by atoms with van der Waals surface area (Å²) in [6.45, 7) is 0. The molecule has 1 heterocycles. The first-order chi connectivity index (χ1) is 8.64. The third kappa shape index (κ3) is 2.50. The average Bonchev–Trinajstić information content (AvgIpc) is 2.89. The van der Waals surface area contributed by atoms with Gasteiger partial charge in [0.1, 0.15) is 6.07 Å². The number of allylic oxidation sites excluding steroid dienone is 1. The molecule has 0 radical (unpaired) electrons. The number of nitrogens with zero attached hydrogens (tertiary/aromatic N) is 1. The van der Waals surface area contributed by atoms with Crippen LogP contribution in [0.2, 0.25) is 0 Å². The van der Waals surface area contributed by atoms with E-state index in [1.54, 1.807) is 36.4 Å². The van der Waals surface area contributed by atoms with Crippen LogP contribution in [0.15, 0.2) is 57.6 Å². The summed E-state index contributed by atoms with van der Waals surface area (Å²) in [4.78, 5) is 0.636. The third-order valence-corrected chi connectivity index (χ3v) is 4.77. The van der Waals surface area contributed by atoms with Crippen molar-refractivity contribution in [1.82, 2.24) is 0 Å². The summed E-state index contributed by atoms with van der Waals surface area (Å²) in [6.07, 6.45) is 1.40. The van der Waals surface area contributed by atoms with E-state index in [-0.39, 0.29) is 9.80 Å². The Bertz CT molecular complexity index is 693. The number of thiophene rings is 1. The van der Waals surface area contributed by atoms with Gasteiger partial charge < -0.3 is 0 Å². The highest BCUT2D eigenvalue weighted by atomic mass is 32.2. The lowest BCUT2D eigenvalue weighted by molar-refractivity contribution is 0.603. The van der Waals surface area contributed by atoms with Gasteiger partial charge in [0.05, 0.1) is 4.90 Å². The molecule has 0 atom stereocenters. The maximum atomic E-state index is 12.2. The van der Waals surface area contributed by atoms with Crippen molar-refractivity contribution in [1.29, 1.82) is 5.26 Å². The second-order valence-electron chi connectivity index (χ2n) is 3.45. The zero-order valence-corrected chi connectivity index (χ0v) is 10.9. The lowest BCUT2D eigenvalue weighted by Crippen LogP contribution is -2.02. The van der Waals surface area contributed by atoms with E-state index in [1.807, 2.05) is 5.38 Å². The fraction of sp³-hybridized carbons (Fsp3) is 0. The Kier molecular flexibility index (Phi) is 3.60. The molecule has 18 heavy (non-hydrogen) atoms. The van der Waals surface area contributed by atoms with Crippen molar-refractivity contribution in [2.24, 2.45) is 0 Å². The van der Waals surface area contributed by atoms with E-state index < -0.39 is 9.84 Å². The molecule has 0 N–H and O–H groups in total. The highest BCUT2D eigenvalue weighted by molar-refractivity contribution is 7.95. The van der Waals surface area contributed by atoms with Crippen LogP contribution in [0.1, 0.15) is 4.88 Å². The van der Waals surface area contributed by atoms with Crippen molar-refractivity contribution in [2.45, 2.75) is 4.90 Å². The van der Waals surface area contributed by atoms with Crippen LogP contribution >= 0.6 is 11.3 Å². The number of benzene rings is 1. The van der Waals surface area contributed by atoms with Crippen molar-refractivity contribution in [3.8, 4) is 6.07 Å². The minimum absolute atomic E-state index is 0.134. The van der Waals surface area contributed by atoms with Crippen LogP contribution in [-0.2, 0) is 9.84 Å². The Labute approximate surface area is 110 Å². The first kappa shape index (κ1) is 12.6. The number of rotatable bonds is 3. The topological polar surface area (TPSA) is 57.9 Å². The predicted octanol–water partition coefficient (Wildman–Crippen LogP) is 3.09. The van der Waals surface area contributed by atoms with Crippen LogP contribution in [0.4, 0.5) is 0 Å². The first-order valence-electron chi connectivity index (χ1n) is 5.10. The molecule has 0 fully saturated rings. The van der Waals surface area contributed by atoms with Gasteiger partial charge in [-0.1, -0.05) is 24.3 Å². The van der Waals surface area contributed by atoms with Crippen molar-refractivity contribution in [2.75, 3.05) is 0 Å². The van der Waals surface area contributed by atoms with E-state index >= 15 is 0 Å². The SMILES string of the molecule is N#C/C(=C/c1cccs1)S(=O)(=O)c1ccccc1. The Morgan fingerprint density at radius 3 is 2.44 bits per heavy atom. The van der Waals surface area contributed by atoms with Gasteiger partial charge in [0.2, 0.25) is 9.84 Å². The molecule has 0 saturated carbocycles. The summed E-state index contributed by atoms with van der Waals surface area (Å²) in [7, 11) is -3.72. The summed E-state index contributed by atoms with van der Waals surface area (Å²) in [6, 6.07) is 13.3. The van der Waals surface area contributed by atoms with Gasteiger partial charge >= 0.3 is 0 Å². The first-order valence-corrected chi connectivity index (χ1v) is 7.46. The molecule has 90 valence electrons. The standard InChI is InChI=1S/C13H9NO2S2/c14-10-13(9-11-5-4-8-17-11)18(15,16)12-6-2-1-3-7-12/h1-9H/b13-9-. The molecule has 5 heteroatoms. The monoisotopic (exact) mass is 275 g/mol. The quantitative estimate of drug-likeness (QED) is 0.809. The van der Waals surface area contributed by atoms with Crippen LogP contribution < -0.4 is 0 Å². The molecule has 0 saturated heterocycles. The molecule has 0 aliphatic heterocycles. The summed E-state index contributed by atoms with van der Waals surface area (Å²) in [5.41, 5.74) is 0. The maximum Gasteiger partial charge on any atom is 0.216 e. The highest BCUT2D eigenvalue weighted by Gasteiger charge is 2.20. The fourth-order valence-corrected chi connectivity index (χ4v) is 3.30. The van der Waals surface area contributed by atoms with Crippen LogP contribution in [0.5, 0.6) is 0 Å². The van der Waals surface area contributed by atoms with E-state index in [1.165, 1.54) is 29.5 Å². The van der Waals surface area contributed by atoms with E-state index in [4.69, 9.17) is 5.26 Å². The van der Waals surface area contributed by atoms with Crippen LogP contribution in [0.3, 0.4) is 0 Å². The van der Waals surface area contributed by atoms with E-state index in [2.05, 4.69) is 0 Å². The molecule has 0 bridgehead atoms. The molecule has 0 aliphatic rings. The van der Waals surface area contributed by atoms with E-state index in [0.717, 1.165) is 4.88 Å². The summed E-state index contributed by atoms with van der Waals surface area (Å²) < 4.78 is 24.4. The molecule has 2 aromatic rings. The van der Waals surface area contributed by atoms with Crippen molar-refractivity contribution in [3.05, 3.63) is 57.6 Å². The number of sulfone groups is 1. The van der Waals surface area contributed by atoms with Gasteiger partial charge in [-0.15, -0.1) is 11.3 Å². The van der Waals surface area contributed by atoms with Gasteiger partial charge in [-0.05, 0) is 29.7 Å². The van der Waals surface area contributed by atoms with Crippen molar-refractivity contribution < 1.29 is 8.42 Å². The zero-order valence-electron chi connectivity index (χ0n) is 9.28. The second kappa shape index (κ2) is 5.17. The van der Waals surface area contributed by atoms with Crippen molar-refractivity contribution in [3.63, 3.8) is 0 Å². The fourth-order valence-electron chi connectivity index (χ4n) is 1.40. The second-order valence-corrected chi connectivity index (χ2v) is 6.35. The Balaban J connectivity index is 2.50. The molecule has 3 nitrogen and oxygen atoms in total. The normalized spacial score (nSPS) is 12.1. The predicted molar refractivity (Wildman–Crippen MR) is 71.5 cm³/mol. The largest absolute Gasteiger partial charge is 0.218 e. The summed E-state index contributed by atoms with van der Waals surface area (Å²) >= 11 is 1.39. The van der Waals surface area contributed by atoms with Crippen LogP contribution in [0, 0.1) is 11.3 Å². The highest BCUT2D eigenvalue weighted by Crippen LogP contribution is 2.22. The average molecular weight is 275 g/mol. The smallest absolute Gasteiger partial charge is 0.216 e. The summed E-state index contributed by atoms with van der Waals surface area (Å²) in [5.74, 6) is 0. The zero-order chi connectivity index (χ0) is 13.0. The van der Waals surface area contributed by atoms with Gasteiger partial charge in [-0.2, -0.15) is 5.26 Å². The molecule has 0 unspecified atom stereocenters. The minimum atomic E-state index is -3.72. The molecule has 0 aliphatic carbocycles. The third-order valence-electron chi connectivity index (χ3n) is 2.27. The van der Waals surface area contributed by atoms with Crippen LogP contribution in [-0.4, -0.2) is 8.42 Å². The molecule has 1 aromatic heterocycles. The molecular formula is C13H9NO2S2. The van der Waals surface area contributed by atoms with Gasteiger partial charge in [-0.3, -0.25) is 0 Å². The number of hydrogen-bond donors (Lipinski definition) is 0. The van der Waals surface area contributed by atoms with Crippen molar-refractivity contribution >= 4 is 27.3 Å². The summed E-state index contributed by atoms with van der Waals surface area (Å²) in [5, 5.41) is 10.9. The lowest BCUT2D eigenvalue weighted by atomic mass is 10.4. The van der Waals surface area contributed by atoms with Gasteiger partial charge in [0.15, 0.2) is 4.91 Å². The molecule has 0 spiro atoms. The van der Waals surface area contributed by atoms with E-state index in [0.29, 0.717) is 0 Å².